The zero-order valence-corrected chi connectivity index (χ0v) is 6.29. The van der Waals surface area contributed by atoms with E-state index < -0.39 is 0 Å². The Hall–Kier alpha value is -1.12. The molecule has 2 nitrogen and oxygen atoms in total. The van der Waals surface area contributed by atoms with Crippen molar-refractivity contribution in [2.75, 3.05) is 0 Å². The molecule has 0 bridgehead atoms. The van der Waals surface area contributed by atoms with Gasteiger partial charge in [-0.3, -0.25) is 0 Å². The van der Waals surface area contributed by atoms with E-state index in [4.69, 9.17) is 0 Å². The molecule has 0 fully saturated rings. The van der Waals surface area contributed by atoms with Crippen LogP contribution in [0, 0.1) is 5.21 Å². The van der Waals surface area contributed by atoms with Crippen LogP contribution in [0.3, 0.4) is 0 Å². The minimum Gasteiger partial charge on any atom is -0.624 e. The second kappa shape index (κ2) is 2.19. The van der Waals surface area contributed by atoms with Crippen molar-refractivity contribution in [1.82, 2.24) is 0 Å². The van der Waals surface area contributed by atoms with Gasteiger partial charge >= 0.3 is 0 Å². The summed E-state index contributed by atoms with van der Waals surface area (Å²) in [5.41, 5.74) is 2.73. The van der Waals surface area contributed by atoms with Crippen molar-refractivity contribution in [1.29, 1.82) is 0 Å². The van der Waals surface area contributed by atoms with Crippen LogP contribution in [-0.2, 0) is 0 Å². The Bertz CT molecular complexity index is 317. The number of hydroxylamine groups is 1. The van der Waals surface area contributed by atoms with Crippen LogP contribution in [0.4, 0.5) is 5.69 Å². The molecular weight excluding hydrogens is 138 g/mol. The van der Waals surface area contributed by atoms with Gasteiger partial charge in [-0.1, -0.05) is 12.1 Å². The molecule has 1 aliphatic rings. The minimum atomic E-state index is 0.167. The summed E-state index contributed by atoms with van der Waals surface area (Å²) < 4.78 is 0. The number of quaternary nitrogens is 1. The van der Waals surface area contributed by atoms with Gasteiger partial charge < -0.3 is 10.3 Å². The number of fused-ring (bicyclic) bond motifs is 1. The lowest BCUT2D eigenvalue weighted by Gasteiger charge is -2.16. The third-order valence-electron chi connectivity index (χ3n) is 1.94. The van der Waals surface area contributed by atoms with Crippen molar-refractivity contribution in [3.63, 3.8) is 0 Å². The summed E-state index contributed by atoms with van der Waals surface area (Å²) in [6.07, 6.45) is 1.93. The maximum atomic E-state index is 11.3. The number of hydrogen-bond acceptors (Lipinski definition) is 1. The quantitative estimate of drug-likeness (QED) is 0.546. The molecule has 0 radical (unpaired) electrons. The van der Waals surface area contributed by atoms with Crippen LogP contribution in [0.2, 0.25) is 0 Å². The van der Waals surface area contributed by atoms with Gasteiger partial charge in [-0.2, -0.15) is 0 Å². The molecule has 2 rings (SSSR count). The first kappa shape index (κ1) is 6.58. The van der Waals surface area contributed by atoms with Gasteiger partial charge in [0, 0.05) is 24.6 Å². The van der Waals surface area contributed by atoms with E-state index in [1.165, 1.54) is 0 Å². The molecule has 0 amide bonds. The lowest BCUT2D eigenvalue weighted by atomic mass is 10.2. The first-order chi connectivity index (χ1) is 5.29. The normalized spacial score (nSPS) is 21.3. The summed E-state index contributed by atoms with van der Waals surface area (Å²) in [5, 5.41) is 11.5. The Morgan fingerprint density at radius 2 is 2.00 bits per heavy atom. The Labute approximate surface area is 65.3 Å². The number of allylic oxidation sites excluding steroid dienone is 1. The molecule has 1 atom stereocenters. The van der Waals surface area contributed by atoms with Crippen LogP contribution in [-0.4, -0.2) is 0 Å². The van der Waals surface area contributed by atoms with Crippen LogP contribution in [0.25, 0.3) is 6.08 Å². The minimum absolute atomic E-state index is 0.167. The lowest BCUT2D eigenvalue weighted by molar-refractivity contribution is -0.726. The summed E-state index contributed by atoms with van der Waals surface area (Å²) >= 11 is 0. The summed E-state index contributed by atoms with van der Waals surface area (Å²) in [6.45, 7) is 1.85. The van der Waals surface area contributed by atoms with Crippen molar-refractivity contribution in [3.8, 4) is 0 Å². The van der Waals surface area contributed by atoms with Crippen molar-refractivity contribution in [2.24, 2.45) is 0 Å². The highest BCUT2D eigenvalue weighted by molar-refractivity contribution is 5.65. The fraction of sp³-hybridized carbons (Fsp3) is 0.111. The number of nitrogens with one attached hydrogen (secondary N) is 1. The van der Waals surface area contributed by atoms with Gasteiger partial charge in [0.1, 0.15) is 11.4 Å². The van der Waals surface area contributed by atoms with Gasteiger partial charge in [0.05, 0.1) is 0 Å². The molecule has 11 heavy (non-hydrogen) atoms. The summed E-state index contributed by atoms with van der Waals surface area (Å²) in [4.78, 5) is 0. The molecule has 1 aromatic carbocycles. The van der Waals surface area contributed by atoms with Gasteiger partial charge in [0.2, 0.25) is 0 Å². The van der Waals surface area contributed by atoms with Crippen molar-refractivity contribution < 1.29 is 5.06 Å². The molecule has 0 spiro atoms. The topological polar surface area (TPSA) is 27.5 Å². The third-order valence-corrected chi connectivity index (χ3v) is 1.94. The molecule has 1 unspecified atom stereocenters. The Morgan fingerprint density at radius 1 is 1.27 bits per heavy atom. The maximum absolute atomic E-state index is 11.3. The molecule has 0 aromatic heterocycles. The van der Waals surface area contributed by atoms with Gasteiger partial charge in [-0.25, -0.2) is 0 Å². The molecule has 1 aliphatic heterocycles. The molecule has 56 valence electrons. The highest BCUT2D eigenvalue weighted by atomic mass is 16.5. The van der Waals surface area contributed by atoms with E-state index >= 15 is 0 Å². The Morgan fingerprint density at radius 3 is 2.73 bits per heavy atom. The number of benzene rings is 1. The Kier molecular flexibility index (Phi) is 1.31. The average molecular weight is 147 g/mol. The smallest absolute Gasteiger partial charge is 0.143 e. The van der Waals surface area contributed by atoms with Crippen molar-refractivity contribution in [2.45, 2.75) is 6.92 Å². The summed E-state index contributed by atoms with van der Waals surface area (Å²) in [5.74, 6) is 0. The van der Waals surface area contributed by atoms with E-state index in [1.807, 2.05) is 37.3 Å². The molecular formula is C9H9NO. The summed E-state index contributed by atoms with van der Waals surface area (Å²) in [6, 6.07) is 7.67. The van der Waals surface area contributed by atoms with Gasteiger partial charge in [-0.05, 0) is 6.07 Å². The van der Waals surface area contributed by atoms with Gasteiger partial charge in [0.25, 0.3) is 0 Å². The van der Waals surface area contributed by atoms with Crippen molar-refractivity contribution in [3.05, 3.63) is 40.7 Å². The predicted octanol–water partition coefficient (Wildman–Crippen LogP) is 1.08. The largest absolute Gasteiger partial charge is 0.624 e. The SMILES string of the molecule is CC1=Cc2ccccc2[NH+]1[O-]. The van der Waals surface area contributed by atoms with E-state index in [0.717, 1.165) is 16.9 Å². The lowest BCUT2D eigenvalue weighted by Crippen LogP contribution is -2.98. The molecule has 1 N–H and O–H groups in total. The highest BCUT2D eigenvalue weighted by Gasteiger charge is 2.16. The molecule has 0 saturated carbocycles. The fourth-order valence-electron chi connectivity index (χ4n) is 1.34. The first-order valence-electron chi connectivity index (χ1n) is 3.61. The molecule has 2 heteroatoms. The van der Waals surface area contributed by atoms with E-state index in [9.17, 15) is 5.21 Å². The molecule has 1 heterocycles. The van der Waals surface area contributed by atoms with Gasteiger partial charge in [-0.15, -0.1) is 0 Å². The van der Waals surface area contributed by atoms with Crippen molar-refractivity contribution >= 4 is 11.8 Å². The fourth-order valence-corrected chi connectivity index (χ4v) is 1.34. The van der Waals surface area contributed by atoms with Gasteiger partial charge in [0.15, 0.2) is 0 Å². The molecule has 1 aromatic rings. The highest BCUT2D eigenvalue weighted by Crippen LogP contribution is 2.18. The third kappa shape index (κ3) is 0.878. The van der Waals surface area contributed by atoms with Crippen LogP contribution in [0.15, 0.2) is 30.0 Å². The zero-order chi connectivity index (χ0) is 7.84. The maximum Gasteiger partial charge on any atom is 0.143 e. The van der Waals surface area contributed by atoms with Crippen LogP contribution < -0.4 is 5.06 Å². The average Bonchev–Trinajstić information content (AvgIpc) is 2.30. The molecule has 0 aliphatic carbocycles. The van der Waals surface area contributed by atoms with E-state index in [1.54, 1.807) is 0 Å². The second-order valence-corrected chi connectivity index (χ2v) is 2.74. The standard InChI is InChI=1S/C9H9NO/c1-7-6-8-4-2-3-5-9(8)10(7)11/h2-6,10H,1H3. The van der Waals surface area contributed by atoms with Crippen LogP contribution in [0.1, 0.15) is 12.5 Å². The van der Waals surface area contributed by atoms with Crippen LogP contribution in [0.5, 0.6) is 0 Å². The van der Waals surface area contributed by atoms with E-state index in [0.29, 0.717) is 0 Å². The number of para-hydroxylation sites is 1. The predicted molar refractivity (Wildman–Crippen MR) is 44.1 cm³/mol. The second-order valence-electron chi connectivity index (χ2n) is 2.74. The summed E-state index contributed by atoms with van der Waals surface area (Å²) in [7, 11) is 0. The zero-order valence-electron chi connectivity index (χ0n) is 6.29. The number of rotatable bonds is 0. The van der Waals surface area contributed by atoms with Crippen LogP contribution >= 0.6 is 0 Å². The first-order valence-corrected chi connectivity index (χ1v) is 3.61. The molecule has 0 saturated heterocycles. The van der Waals surface area contributed by atoms with E-state index in [2.05, 4.69) is 0 Å². The monoisotopic (exact) mass is 147 g/mol. The Balaban J connectivity index is 2.58. The van der Waals surface area contributed by atoms with E-state index in [-0.39, 0.29) is 5.06 Å². The number of hydrogen-bond donors (Lipinski definition) is 1.